The van der Waals surface area contributed by atoms with Crippen LogP contribution in [0.1, 0.15) is 31.1 Å². The summed E-state index contributed by atoms with van der Waals surface area (Å²) < 4.78 is 40.9. The van der Waals surface area contributed by atoms with Crippen molar-refractivity contribution in [2.45, 2.75) is 0 Å². The standard InChI is InChI=1S/C24H15FN2O.C17H11FN2.C11H8O.C7H5ClO.C6H7FN2/c25-18-13-14-22-21(15-18)26-23(27(22)24(28)17-8-2-1-3-9-17)20-12-6-10-16-7-4-5-11-19(16)20;18-12-8-9-15-16(10-12)20-17(19-15)14-7-3-5-11-4-1-2-6-13(11)14;12-8-10-6-3-5-9-4-1-2-7-11(9)10;8-7(9)6-4-2-1-3-5-6;7-4-1-2-5(8)6(9)3-4/h1-15H;1-10H,(H,19,20);1-8H;1-5H;1-3H,8-9H2. The van der Waals surface area contributed by atoms with Gasteiger partial charge < -0.3 is 16.5 Å². The molecule has 0 aliphatic carbocycles. The fourth-order valence-corrected chi connectivity index (χ4v) is 8.71. The molecule has 0 radical (unpaired) electrons. The highest BCUT2D eigenvalue weighted by Crippen LogP contribution is 2.33. The molecule has 0 unspecified atom stereocenters. The van der Waals surface area contributed by atoms with E-state index in [2.05, 4.69) is 33.2 Å². The summed E-state index contributed by atoms with van der Waals surface area (Å²) in [5, 5.41) is 6.07. The molecule has 0 amide bonds. The van der Waals surface area contributed by atoms with E-state index < -0.39 is 5.24 Å². The topological polar surface area (TPSA) is 150 Å². The van der Waals surface area contributed by atoms with Gasteiger partial charge in [0.1, 0.15) is 29.1 Å². The SMILES string of the molecule is Fc1ccc2nc(-c3cccc4ccccc34)[nH]c2c1.Nc1ccc(F)cc1N.O=C(Cl)c1ccccc1.O=C(c1ccccc1)n1c(-c2cccc3ccccc23)nc2cc(F)ccc21.O=Cc1cccc2ccccc12. The third kappa shape index (κ3) is 12.3. The Morgan fingerprint density at radius 2 is 0.974 bits per heavy atom. The Kier molecular flexibility index (Phi) is 16.5. The second-order valence-electron chi connectivity index (χ2n) is 17.5. The van der Waals surface area contributed by atoms with Gasteiger partial charge in [-0.05, 0) is 105 Å². The molecule has 0 fully saturated rings. The first-order valence-electron chi connectivity index (χ1n) is 24.3. The molecule has 0 atom stereocenters. The summed E-state index contributed by atoms with van der Waals surface area (Å²) in [7, 11) is 0. The van der Waals surface area contributed by atoms with E-state index in [4.69, 9.17) is 23.1 Å². The van der Waals surface area contributed by atoms with Crippen molar-refractivity contribution in [3.05, 3.63) is 277 Å². The lowest BCUT2D eigenvalue weighted by atomic mass is 10.0. The summed E-state index contributed by atoms with van der Waals surface area (Å²) in [4.78, 5) is 46.8. The van der Waals surface area contributed by atoms with Gasteiger partial charge in [0.05, 0.1) is 33.4 Å². The molecule has 13 heteroatoms. The van der Waals surface area contributed by atoms with Gasteiger partial charge in [-0.25, -0.2) is 23.1 Å². The zero-order chi connectivity index (χ0) is 54.5. The number of hydrogen-bond donors (Lipinski definition) is 3. The van der Waals surface area contributed by atoms with Gasteiger partial charge in [0.25, 0.3) is 11.1 Å². The first-order valence-corrected chi connectivity index (χ1v) is 24.7. The van der Waals surface area contributed by atoms with E-state index in [1.54, 1.807) is 53.1 Å². The number of imidazole rings is 2. The average Bonchev–Trinajstić information content (AvgIpc) is 4.13. The first kappa shape index (κ1) is 52.7. The minimum Gasteiger partial charge on any atom is -0.397 e. The number of aromatic amines is 1. The number of aldehydes is 1. The first-order chi connectivity index (χ1) is 37.9. The molecule has 0 saturated heterocycles. The minimum atomic E-state index is -0.407. The molecule has 0 aliphatic heterocycles. The van der Waals surface area contributed by atoms with Crippen molar-refractivity contribution in [2.24, 2.45) is 0 Å². The zero-order valence-corrected chi connectivity index (χ0v) is 42.2. The van der Waals surface area contributed by atoms with Gasteiger partial charge >= 0.3 is 0 Å². The summed E-state index contributed by atoms with van der Waals surface area (Å²) in [5.74, 6) is 0.0763. The van der Waals surface area contributed by atoms with E-state index in [0.29, 0.717) is 39.2 Å². The van der Waals surface area contributed by atoms with Gasteiger partial charge in [-0.3, -0.25) is 19.0 Å². The van der Waals surface area contributed by atoms with Crippen molar-refractivity contribution in [1.29, 1.82) is 0 Å². The largest absolute Gasteiger partial charge is 0.397 e. The van der Waals surface area contributed by atoms with Crippen LogP contribution < -0.4 is 11.5 Å². The van der Waals surface area contributed by atoms with E-state index in [1.807, 2.05) is 133 Å². The summed E-state index contributed by atoms with van der Waals surface area (Å²) in [6.07, 6.45) is 0.891. The molecule has 2 aromatic heterocycles. The number of anilines is 2. The van der Waals surface area contributed by atoms with Crippen LogP contribution in [0.4, 0.5) is 24.5 Å². The second kappa shape index (κ2) is 24.5. The number of carbonyl (C=O) groups excluding carboxylic acids is 3. The van der Waals surface area contributed by atoms with Gasteiger partial charge in [-0.15, -0.1) is 0 Å². The maximum atomic E-state index is 13.8. The lowest BCUT2D eigenvalue weighted by molar-refractivity contribution is 0.0965. The quantitative estimate of drug-likeness (QED) is 0.0882. The highest BCUT2D eigenvalue weighted by Gasteiger charge is 2.21. The number of nitrogens with two attached hydrogens (primary N) is 2. The molecule has 382 valence electrons. The lowest BCUT2D eigenvalue weighted by Gasteiger charge is -2.10. The molecular weight excluding hydrogens is 1010 g/mol. The fourth-order valence-electron chi connectivity index (χ4n) is 8.58. The van der Waals surface area contributed by atoms with Crippen molar-refractivity contribution in [2.75, 3.05) is 11.5 Å². The molecule has 13 aromatic rings. The van der Waals surface area contributed by atoms with E-state index in [1.165, 1.54) is 42.5 Å². The summed E-state index contributed by atoms with van der Waals surface area (Å²) in [5.41, 5.74) is 17.5. The van der Waals surface area contributed by atoms with Crippen molar-refractivity contribution in [1.82, 2.24) is 19.5 Å². The van der Waals surface area contributed by atoms with Gasteiger partial charge in [-0.1, -0.05) is 176 Å². The van der Waals surface area contributed by atoms with Crippen LogP contribution in [-0.2, 0) is 0 Å². The monoisotopic (exact) mass is 1050 g/mol. The number of benzene rings is 11. The maximum absolute atomic E-state index is 13.8. The molecule has 0 bridgehead atoms. The minimum absolute atomic E-state index is 0.197. The number of carbonyl (C=O) groups is 3. The maximum Gasteiger partial charge on any atom is 0.264 e. The Balaban J connectivity index is 0.000000129. The Morgan fingerprint density at radius 1 is 0.474 bits per heavy atom. The van der Waals surface area contributed by atoms with Crippen molar-refractivity contribution < 1.29 is 27.6 Å². The van der Waals surface area contributed by atoms with E-state index in [-0.39, 0.29) is 29.0 Å². The normalized spacial score (nSPS) is 10.6. The Morgan fingerprint density at radius 3 is 1.58 bits per heavy atom. The van der Waals surface area contributed by atoms with Crippen LogP contribution in [-0.4, -0.2) is 37.0 Å². The van der Waals surface area contributed by atoms with Crippen LogP contribution in [0.5, 0.6) is 0 Å². The van der Waals surface area contributed by atoms with E-state index >= 15 is 0 Å². The molecule has 13 rings (SSSR count). The van der Waals surface area contributed by atoms with Crippen molar-refractivity contribution in [3.8, 4) is 22.8 Å². The van der Waals surface area contributed by atoms with Gasteiger partial charge in [-0.2, -0.15) is 0 Å². The predicted octanol–water partition coefficient (Wildman–Crippen LogP) is 15.9. The highest BCUT2D eigenvalue weighted by atomic mass is 35.5. The molecule has 5 N–H and O–H groups in total. The van der Waals surface area contributed by atoms with Crippen LogP contribution in [0.2, 0.25) is 0 Å². The van der Waals surface area contributed by atoms with Gasteiger partial charge in [0, 0.05) is 33.9 Å². The zero-order valence-electron chi connectivity index (χ0n) is 41.4. The summed E-state index contributed by atoms with van der Waals surface area (Å²) >= 11 is 5.16. The number of nitrogen functional groups attached to an aromatic ring is 2. The number of rotatable bonds is 5. The number of H-pyrrole nitrogens is 1. The van der Waals surface area contributed by atoms with Gasteiger partial charge in [0.2, 0.25) is 0 Å². The molecule has 0 saturated carbocycles. The Labute approximate surface area is 450 Å². The third-order valence-electron chi connectivity index (χ3n) is 12.4. The van der Waals surface area contributed by atoms with E-state index in [0.717, 1.165) is 66.6 Å². The van der Waals surface area contributed by atoms with Gasteiger partial charge in [0.15, 0.2) is 6.29 Å². The number of nitrogens with one attached hydrogen (secondary N) is 1. The highest BCUT2D eigenvalue weighted by molar-refractivity contribution is 6.67. The number of fused-ring (bicyclic) bond motifs is 5. The Bertz CT molecular complexity index is 4250. The average molecular weight is 1050 g/mol. The smallest absolute Gasteiger partial charge is 0.264 e. The second-order valence-corrected chi connectivity index (χ2v) is 17.8. The van der Waals surface area contributed by atoms with E-state index in [9.17, 15) is 27.6 Å². The number of nitrogens with zero attached hydrogens (tertiary/aromatic N) is 3. The molecule has 11 aromatic carbocycles. The van der Waals surface area contributed by atoms with Crippen LogP contribution in [0, 0.1) is 17.5 Å². The number of hydrogen-bond acceptors (Lipinski definition) is 7. The van der Waals surface area contributed by atoms with Crippen LogP contribution in [0.25, 0.3) is 77.2 Å². The molecular formula is C65H46ClF3N6O3. The third-order valence-corrected chi connectivity index (χ3v) is 12.6. The fraction of sp³-hybridized carbons (Fsp3) is 0. The summed E-state index contributed by atoms with van der Waals surface area (Å²) in [6, 6.07) is 72.3. The molecule has 9 nitrogen and oxygen atoms in total. The molecule has 0 aliphatic rings. The number of halogens is 4. The predicted molar refractivity (Wildman–Crippen MR) is 309 cm³/mol. The van der Waals surface area contributed by atoms with Crippen LogP contribution in [0.3, 0.4) is 0 Å². The molecule has 2 heterocycles. The Hall–Kier alpha value is -10.2. The van der Waals surface area contributed by atoms with Crippen LogP contribution >= 0.6 is 11.6 Å². The van der Waals surface area contributed by atoms with Crippen LogP contribution in [0.15, 0.2) is 243 Å². The molecule has 0 spiro atoms. The van der Waals surface area contributed by atoms with Crippen molar-refractivity contribution in [3.63, 3.8) is 0 Å². The number of aromatic nitrogens is 4. The molecule has 78 heavy (non-hydrogen) atoms. The van der Waals surface area contributed by atoms with Crippen molar-refractivity contribution >= 4 is 94.8 Å². The summed E-state index contributed by atoms with van der Waals surface area (Å²) in [6.45, 7) is 0. The lowest BCUT2D eigenvalue weighted by Crippen LogP contribution is -2.13.